The van der Waals surface area contributed by atoms with E-state index in [1.807, 2.05) is 0 Å². The van der Waals surface area contributed by atoms with Crippen LogP contribution in [0.4, 0.5) is 0 Å². The van der Waals surface area contributed by atoms with Gasteiger partial charge < -0.3 is 9.79 Å². The molecule has 0 atom stereocenters. The van der Waals surface area contributed by atoms with E-state index in [9.17, 15) is 4.57 Å². The van der Waals surface area contributed by atoms with Gasteiger partial charge in [-0.2, -0.15) is 0 Å². The first-order valence-corrected chi connectivity index (χ1v) is 4.33. The molecule has 0 aromatic heterocycles. The second-order valence-electron chi connectivity index (χ2n) is 1.88. The van der Waals surface area contributed by atoms with Gasteiger partial charge in [-0.25, -0.2) is 0 Å². The minimum atomic E-state index is -4.02. The van der Waals surface area contributed by atoms with E-state index in [4.69, 9.17) is 9.79 Å². The Morgan fingerprint density at radius 2 is 1.42 bits per heavy atom. The molecule has 0 saturated heterocycles. The quantitative estimate of drug-likeness (QED) is 0.584. The largest absolute Gasteiger partial charge is 0.356 e. The Morgan fingerprint density at radius 1 is 1.00 bits per heavy atom. The smallest absolute Gasteiger partial charge is 0.321 e. The Kier molecular flexibility index (Phi) is 7.71. The van der Waals surface area contributed by atoms with Crippen molar-refractivity contribution in [2.24, 2.45) is 0 Å². The van der Waals surface area contributed by atoms with E-state index in [1.165, 1.54) is 12.1 Å². The van der Waals surface area contributed by atoms with E-state index in [2.05, 4.69) is 0 Å². The molecule has 3 nitrogen and oxygen atoms in total. The molecule has 0 radical (unpaired) electrons. The minimum Gasteiger partial charge on any atom is -0.321 e. The van der Waals surface area contributed by atoms with Crippen LogP contribution in [0.1, 0.15) is 0 Å². The molecule has 0 unspecified atom stereocenters. The van der Waals surface area contributed by atoms with Crippen LogP contribution in [-0.2, 0) is 43.5 Å². The third-order valence-electron chi connectivity index (χ3n) is 1.09. The molecule has 1 aromatic rings. The molecule has 0 aliphatic carbocycles. The molecule has 0 fully saturated rings. The maximum absolute atomic E-state index is 10.5. The molecule has 1 rings (SSSR count). The van der Waals surface area contributed by atoms with Gasteiger partial charge in [-0.05, 0) is 12.1 Å². The molecule has 0 amide bonds. The van der Waals surface area contributed by atoms with Crippen LogP contribution in [0.25, 0.3) is 0 Å². The fraction of sp³-hybridized carbons (Fsp3) is 0. The zero-order valence-electron chi connectivity index (χ0n) is 6.55. The van der Waals surface area contributed by atoms with Gasteiger partial charge >= 0.3 is 7.60 Å². The molecular weight excluding hydrogens is 282 g/mol. The van der Waals surface area contributed by atoms with Crippen molar-refractivity contribution in [1.29, 1.82) is 0 Å². The molecule has 0 heterocycles. The van der Waals surface area contributed by atoms with Gasteiger partial charge in [-0.1, -0.05) is 18.2 Å². The number of hydrogen-bond donors (Lipinski definition) is 2. The van der Waals surface area contributed by atoms with Crippen LogP contribution >= 0.6 is 7.60 Å². The van der Waals surface area contributed by atoms with E-state index < -0.39 is 7.60 Å². The van der Waals surface area contributed by atoms with Crippen LogP contribution in [0.5, 0.6) is 0 Å². The third kappa shape index (κ3) is 4.60. The summed E-state index contributed by atoms with van der Waals surface area (Å²) in [6.45, 7) is 0. The topological polar surface area (TPSA) is 57.5 Å². The third-order valence-corrected chi connectivity index (χ3v) is 2.06. The van der Waals surface area contributed by atoms with E-state index in [0.717, 1.165) is 0 Å². The summed E-state index contributed by atoms with van der Waals surface area (Å²) in [7, 11) is -4.02. The first-order chi connectivity index (χ1) is 4.61. The molecule has 6 heteroatoms. The van der Waals surface area contributed by atoms with Crippen molar-refractivity contribution in [3.8, 4) is 0 Å². The van der Waals surface area contributed by atoms with Crippen molar-refractivity contribution in [2.45, 2.75) is 0 Å². The van der Waals surface area contributed by atoms with Gasteiger partial charge in [0.05, 0.1) is 5.30 Å². The second-order valence-corrected chi connectivity index (χ2v) is 3.48. The molecule has 2 N–H and O–H groups in total. The van der Waals surface area contributed by atoms with Crippen LogP contribution in [0.2, 0.25) is 0 Å². The van der Waals surface area contributed by atoms with Crippen molar-refractivity contribution in [2.75, 3.05) is 0 Å². The molecule has 0 bridgehead atoms. The van der Waals surface area contributed by atoms with E-state index in [1.54, 1.807) is 18.2 Å². The summed E-state index contributed by atoms with van der Waals surface area (Å²) in [5.74, 6) is 0. The average molecular weight is 289 g/mol. The van der Waals surface area contributed by atoms with E-state index >= 15 is 0 Å². The summed E-state index contributed by atoms with van der Waals surface area (Å²) in [4.78, 5) is 17.2. The van der Waals surface area contributed by atoms with Crippen molar-refractivity contribution in [3.63, 3.8) is 0 Å². The Hall–Kier alpha value is 0.617. The molecule has 0 saturated carbocycles. The summed E-state index contributed by atoms with van der Waals surface area (Å²) in [6, 6.07) is 7.70. The fourth-order valence-electron chi connectivity index (χ4n) is 0.622. The summed E-state index contributed by atoms with van der Waals surface area (Å²) in [5, 5.41) is 0.0648. The van der Waals surface area contributed by atoms with E-state index in [-0.39, 0.29) is 44.3 Å². The predicted molar refractivity (Wildman–Crippen MR) is 38.1 cm³/mol. The van der Waals surface area contributed by atoms with Crippen LogP contribution < -0.4 is 5.30 Å². The molecule has 0 aliphatic rings. The van der Waals surface area contributed by atoms with Crippen molar-refractivity contribution in [3.05, 3.63) is 30.3 Å². The van der Waals surface area contributed by atoms with Gasteiger partial charge in [0.25, 0.3) is 0 Å². The first kappa shape index (κ1) is 15.1. The standard InChI is InChI=1S/C6H7O3P.2Zn/c7-10(8,9)6-4-2-1-3-5-6;;/h1-5H,(H2,7,8,9);;. The Morgan fingerprint density at radius 3 is 1.67 bits per heavy atom. The zero-order chi connectivity index (χ0) is 7.61. The van der Waals surface area contributed by atoms with Gasteiger partial charge in [0, 0.05) is 39.0 Å². The van der Waals surface area contributed by atoms with Gasteiger partial charge in [0.1, 0.15) is 0 Å². The summed E-state index contributed by atoms with van der Waals surface area (Å²) < 4.78 is 10.5. The first-order valence-electron chi connectivity index (χ1n) is 2.72. The summed E-state index contributed by atoms with van der Waals surface area (Å²) in [6.07, 6.45) is 0. The molecular formula is C6H7O3PZn2. The Balaban J connectivity index is 0. The Bertz CT molecular complexity index is 259. The molecule has 0 spiro atoms. The maximum atomic E-state index is 10.5. The van der Waals surface area contributed by atoms with Gasteiger partial charge in [0.2, 0.25) is 0 Å². The van der Waals surface area contributed by atoms with E-state index in [0.29, 0.717) is 0 Å². The summed E-state index contributed by atoms with van der Waals surface area (Å²) in [5.41, 5.74) is 0. The fourth-order valence-corrected chi connectivity index (χ4v) is 1.18. The van der Waals surface area contributed by atoms with Gasteiger partial charge in [-0.15, -0.1) is 0 Å². The maximum Gasteiger partial charge on any atom is 0.356 e. The van der Waals surface area contributed by atoms with Gasteiger partial charge in [0.15, 0.2) is 0 Å². The van der Waals surface area contributed by atoms with Crippen molar-refractivity contribution in [1.82, 2.24) is 0 Å². The molecule has 58 valence electrons. The number of hydrogen-bond acceptors (Lipinski definition) is 1. The predicted octanol–water partition coefficient (Wildman–Crippen LogP) is 0.485. The number of rotatable bonds is 1. The molecule has 1 aromatic carbocycles. The molecule has 12 heavy (non-hydrogen) atoms. The Labute approximate surface area is 96.2 Å². The second kappa shape index (κ2) is 6.13. The average Bonchev–Trinajstić information content (AvgIpc) is 1.88. The SMILES string of the molecule is O=P(O)(O)c1ccccc1.[Zn].[Zn]. The molecule has 0 aliphatic heterocycles. The van der Waals surface area contributed by atoms with Crippen LogP contribution in [-0.4, -0.2) is 9.79 Å². The van der Waals surface area contributed by atoms with Crippen molar-refractivity contribution >= 4 is 12.9 Å². The zero-order valence-corrected chi connectivity index (χ0v) is 13.4. The summed E-state index contributed by atoms with van der Waals surface area (Å²) >= 11 is 0. The minimum absolute atomic E-state index is 0. The monoisotopic (exact) mass is 286 g/mol. The normalized spacial score (nSPS) is 9.50. The van der Waals surface area contributed by atoms with Gasteiger partial charge in [-0.3, -0.25) is 4.57 Å². The van der Waals surface area contributed by atoms with Crippen molar-refractivity contribution < 1.29 is 53.3 Å². The van der Waals surface area contributed by atoms with Crippen LogP contribution in [0.3, 0.4) is 0 Å². The van der Waals surface area contributed by atoms with Crippen LogP contribution in [0, 0.1) is 0 Å². The van der Waals surface area contributed by atoms with Crippen LogP contribution in [0.15, 0.2) is 30.3 Å². The number of benzene rings is 1.